The maximum absolute atomic E-state index is 12.2. The molecule has 2 aromatic rings. The van der Waals surface area contributed by atoms with Crippen molar-refractivity contribution in [2.24, 2.45) is 0 Å². The van der Waals surface area contributed by atoms with Crippen LogP contribution < -0.4 is 5.32 Å². The first-order valence-corrected chi connectivity index (χ1v) is 5.98. The molecule has 0 atom stereocenters. The lowest BCUT2D eigenvalue weighted by Crippen LogP contribution is -2.14. The minimum atomic E-state index is -0.291. The molecule has 2 aromatic heterocycles. The van der Waals surface area contributed by atoms with Gasteiger partial charge in [0.15, 0.2) is 0 Å². The van der Waals surface area contributed by atoms with E-state index in [2.05, 4.69) is 27.1 Å². The highest BCUT2D eigenvalue weighted by atomic mass is 16.2. The molecule has 5 nitrogen and oxygen atoms in total. The van der Waals surface area contributed by atoms with Crippen LogP contribution in [0, 0.1) is 18.8 Å². The number of aliphatic hydroxyl groups is 1. The number of carbonyl (C=O) groups is 1. The number of pyridine rings is 2. The second kappa shape index (κ2) is 6.45. The van der Waals surface area contributed by atoms with E-state index in [1.807, 2.05) is 13.0 Å². The van der Waals surface area contributed by atoms with Crippen molar-refractivity contribution in [3.8, 4) is 11.8 Å². The maximum atomic E-state index is 12.2. The van der Waals surface area contributed by atoms with E-state index in [1.165, 1.54) is 12.4 Å². The van der Waals surface area contributed by atoms with Crippen LogP contribution in [-0.2, 0) is 0 Å². The zero-order valence-corrected chi connectivity index (χ0v) is 10.9. The molecule has 2 N–H and O–H groups in total. The van der Waals surface area contributed by atoms with Crippen LogP contribution in [0.5, 0.6) is 0 Å². The molecule has 0 aromatic carbocycles. The molecule has 100 valence electrons. The lowest BCUT2D eigenvalue weighted by Gasteiger charge is -2.06. The van der Waals surface area contributed by atoms with Crippen molar-refractivity contribution in [2.45, 2.75) is 6.92 Å². The molecule has 2 rings (SSSR count). The predicted octanol–water partition coefficient (Wildman–Crippen LogP) is 1.38. The van der Waals surface area contributed by atoms with Crippen molar-refractivity contribution in [1.82, 2.24) is 9.97 Å². The Morgan fingerprint density at radius 3 is 2.90 bits per heavy atom. The van der Waals surface area contributed by atoms with Gasteiger partial charge < -0.3 is 10.4 Å². The van der Waals surface area contributed by atoms with E-state index in [1.54, 1.807) is 18.3 Å². The summed E-state index contributed by atoms with van der Waals surface area (Å²) in [5.74, 6) is 4.91. The van der Waals surface area contributed by atoms with E-state index in [9.17, 15) is 4.79 Å². The van der Waals surface area contributed by atoms with E-state index < -0.39 is 0 Å². The topological polar surface area (TPSA) is 75.1 Å². The molecule has 1 amide bonds. The van der Waals surface area contributed by atoms with E-state index in [-0.39, 0.29) is 12.5 Å². The SMILES string of the molecule is Cc1ccc(NC(=O)c2ccncc2C#CCO)cn1. The lowest BCUT2D eigenvalue weighted by molar-refractivity contribution is 0.102. The average molecular weight is 267 g/mol. The quantitative estimate of drug-likeness (QED) is 0.806. The van der Waals surface area contributed by atoms with Gasteiger partial charge in [-0.05, 0) is 25.1 Å². The molecule has 0 aliphatic carbocycles. The number of aromatic nitrogens is 2. The van der Waals surface area contributed by atoms with Gasteiger partial charge in [-0.3, -0.25) is 14.8 Å². The van der Waals surface area contributed by atoms with Crippen LogP contribution in [0.15, 0.2) is 36.8 Å². The Morgan fingerprint density at radius 2 is 2.20 bits per heavy atom. The van der Waals surface area contributed by atoms with Gasteiger partial charge in [0, 0.05) is 18.1 Å². The zero-order chi connectivity index (χ0) is 14.4. The number of hydrogen-bond acceptors (Lipinski definition) is 4. The van der Waals surface area contributed by atoms with Gasteiger partial charge in [0.1, 0.15) is 6.61 Å². The van der Waals surface area contributed by atoms with Crippen molar-refractivity contribution >= 4 is 11.6 Å². The highest BCUT2D eigenvalue weighted by molar-refractivity contribution is 6.05. The van der Waals surface area contributed by atoms with Crippen LogP contribution in [0.2, 0.25) is 0 Å². The second-order valence-corrected chi connectivity index (χ2v) is 4.02. The largest absolute Gasteiger partial charge is 0.384 e. The summed E-state index contributed by atoms with van der Waals surface area (Å²) in [5.41, 5.74) is 2.36. The number of carbonyl (C=O) groups excluding carboxylic acids is 1. The van der Waals surface area contributed by atoms with Gasteiger partial charge in [-0.1, -0.05) is 11.8 Å². The Kier molecular flexibility index (Phi) is 4.43. The van der Waals surface area contributed by atoms with Crippen molar-refractivity contribution in [3.63, 3.8) is 0 Å². The van der Waals surface area contributed by atoms with Crippen LogP contribution >= 0.6 is 0 Å². The molecule has 20 heavy (non-hydrogen) atoms. The van der Waals surface area contributed by atoms with Crippen molar-refractivity contribution in [1.29, 1.82) is 0 Å². The maximum Gasteiger partial charge on any atom is 0.257 e. The third kappa shape index (κ3) is 3.40. The summed E-state index contributed by atoms with van der Waals surface area (Å²) in [6.45, 7) is 1.61. The van der Waals surface area contributed by atoms with Gasteiger partial charge in [0.25, 0.3) is 5.91 Å². The Hall–Kier alpha value is -2.71. The van der Waals surface area contributed by atoms with Crippen molar-refractivity contribution < 1.29 is 9.90 Å². The normalized spacial score (nSPS) is 9.50. The van der Waals surface area contributed by atoms with Crippen LogP contribution in [0.3, 0.4) is 0 Å². The summed E-state index contributed by atoms with van der Waals surface area (Å²) < 4.78 is 0. The summed E-state index contributed by atoms with van der Waals surface area (Å²) in [6, 6.07) is 5.17. The van der Waals surface area contributed by atoms with E-state index >= 15 is 0 Å². The fourth-order valence-corrected chi connectivity index (χ4v) is 1.57. The van der Waals surface area contributed by atoms with E-state index in [0.717, 1.165) is 5.69 Å². The van der Waals surface area contributed by atoms with Crippen molar-refractivity contribution in [2.75, 3.05) is 11.9 Å². The number of nitrogens with zero attached hydrogens (tertiary/aromatic N) is 2. The molecule has 0 saturated carbocycles. The fraction of sp³-hybridized carbons (Fsp3) is 0.133. The van der Waals surface area contributed by atoms with Crippen LogP contribution in [0.1, 0.15) is 21.6 Å². The first-order valence-electron chi connectivity index (χ1n) is 5.98. The molecule has 0 unspecified atom stereocenters. The second-order valence-electron chi connectivity index (χ2n) is 4.02. The third-order valence-corrected chi connectivity index (χ3v) is 2.54. The monoisotopic (exact) mass is 267 g/mol. The highest BCUT2D eigenvalue weighted by Crippen LogP contribution is 2.11. The predicted molar refractivity (Wildman–Crippen MR) is 75.1 cm³/mol. The van der Waals surface area contributed by atoms with Gasteiger partial charge in [0.2, 0.25) is 0 Å². The molecule has 2 heterocycles. The Morgan fingerprint density at radius 1 is 1.35 bits per heavy atom. The number of aryl methyl sites for hydroxylation is 1. The molecule has 0 spiro atoms. The molecule has 0 aliphatic heterocycles. The first kappa shape index (κ1) is 13.7. The van der Waals surface area contributed by atoms with E-state index in [4.69, 9.17) is 5.11 Å². The highest BCUT2D eigenvalue weighted by Gasteiger charge is 2.10. The number of aliphatic hydroxyl groups excluding tert-OH is 1. The molecular formula is C15H13N3O2. The van der Waals surface area contributed by atoms with Crippen LogP contribution in [0.25, 0.3) is 0 Å². The van der Waals surface area contributed by atoms with Gasteiger partial charge in [0.05, 0.1) is 23.0 Å². The molecule has 0 fully saturated rings. The smallest absolute Gasteiger partial charge is 0.257 e. The standard InChI is InChI=1S/C15H13N3O2/c1-11-4-5-13(10-17-11)18-15(20)14-6-7-16-9-12(14)3-2-8-19/h4-7,9-10,19H,8H2,1H3,(H,18,20). The van der Waals surface area contributed by atoms with Gasteiger partial charge in [-0.25, -0.2) is 0 Å². The number of hydrogen-bond donors (Lipinski definition) is 2. The first-order chi connectivity index (χ1) is 9.70. The number of nitrogens with one attached hydrogen (secondary N) is 1. The summed E-state index contributed by atoms with van der Waals surface area (Å²) >= 11 is 0. The molecule has 0 saturated heterocycles. The number of rotatable bonds is 2. The van der Waals surface area contributed by atoms with E-state index in [0.29, 0.717) is 16.8 Å². The van der Waals surface area contributed by atoms with Gasteiger partial charge in [-0.2, -0.15) is 0 Å². The summed E-state index contributed by atoms with van der Waals surface area (Å²) in [7, 11) is 0. The zero-order valence-electron chi connectivity index (χ0n) is 10.9. The third-order valence-electron chi connectivity index (χ3n) is 2.54. The van der Waals surface area contributed by atoms with Crippen molar-refractivity contribution in [3.05, 3.63) is 53.6 Å². The number of amides is 1. The minimum absolute atomic E-state index is 0.266. The molecular weight excluding hydrogens is 254 g/mol. The van der Waals surface area contributed by atoms with Crippen LogP contribution in [-0.4, -0.2) is 27.6 Å². The Balaban J connectivity index is 2.23. The molecule has 0 radical (unpaired) electrons. The summed E-state index contributed by atoms with van der Waals surface area (Å²) in [4.78, 5) is 20.2. The molecule has 0 aliphatic rings. The molecule has 0 bridgehead atoms. The lowest BCUT2D eigenvalue weighted by atomic mass is 10.1. The Bertz CT molecular complexity index is 670. The summed E-state index contributed by atoms with van der Waals surface area (Å²) in [5, 5.41) is 11.5. The number of anilines is 1. The summed E-state index contributed by atoms with van der Waals surface area (Å²) in [6.07, 6.45) is 4.60. The molecule has 5 heteroatoms. The minimum Gasteiger partial charge on any atom is -0.384 e. The Labute approximate surface area is 116 Å². The van der Waals surface area contributed by atoms with Gasteiger partial charge >= 0.3 is 0 Å². The fourth-order valence-electron chi connectivity index (χ4n) is 1.57. The average Bonchev–Trinajstić information content (AvgIpc) is 2.47. The van der Waals surface area contributed by atoms with Crippen LogP contribution in [0.4, 0.5) is 5.69 Å². The van der Waals surface area contributed by atoms with Gasteiger partial charge in [-0.15, -0.1) is 0 Å².